The number of nitrogens with one attached hydrogen (secondary N) is 1. The van der Waals surface area contributed by atoms with Gasteiger partial charge in [-0.3, -0.25) is 4.79 Å². The molecule has 26 heavy (non-hydrogen) atoms. The molecule has 1 aliphatic rings. The van der Waals surface area contributed by atoms with Crippen molar-refractivity contribution in [3.8, 4) is 5.75 Å². The Labute approximate surface area is 159 Å². The van der Waals surface area contributed by atoms with Gasteiger partial charge in [-0.1, -0.05) is 6.42 Å². The first-order chi connectivity index (χ1) is 12.5. The van der Waals surface area contributed by atoms with Crippen molar-refractivity contribution in [3.05, 3.63) is 18.2 Å². The Morgan fingerprint density at radius 3 is 2.69 bits per heavy atom. The summed E-state index contributed by atoms with van der Waals surface area (Å²) in [7, 11) is -3.58. The van der Waals surface area contributed by atoms with E-state index in [-0.39, 0.29) is 23.2 Å². The number of aliphatic hydroxyl groups excluding tert-OH is 1. The number of thioether (sulfide) groups is 1. The zero-order valence-electron chi connectivity index (χ0n) is 14.9. The number of nitrogens with zero attached hydrogens (tertiary/aromatic N) is 1. The molecule has 0 saturated carbocycles. The van der Waals surface area contributed by atoms with Crippen molar-refractivity contribution in [1.82, 2.24) is 4.31 Å². The van der Waals surface area contributed by atoms with E-state index in [0.717, 1.165) is 19.3 Å². The Morgan fingerprint density at radius 2 is 2.04 bits per heavy atom. The number of amides is 1. The minimum absolute atomic E-state index is 0.00566. The Balaban J connectivity index is 2.22. The topological polar surface area (TPSA) is 95.9 Å². The van der Waals surface area contributed by atoms with Crippen LogP contribution in [0.25, 0.3) is 0 Å². The van der Waals surface area contributed by atoms with E-state index in [4.69, 9.17) is 9.84 Å². The number of piperidine rings is 1. The molecule has 1 aromatic rings. The third-order valence-corrected chi connectivity index (χ3v) is 6.78. The van der Waals surface area contributed by atoms with Gasteiger partial charge in [-0.15, -0.1) is 11.8 Å². The van der Waals surface area contributed by atoms with Crippen molar-refractivity contribution in [2.75, 3.05) is 43.1 Å². The standard InChI is InChI=1S/C17H26N2O5S2/c1-2-24-16-7-6-14(26(22,23)19-8-4-3-5-9-19)12-15(16)18-17(21)13-25-11-10-20/h6-7,12,20H,2-5,8-11,13H2,1H3,(H,18,21). The third kappa shape index (κ3) is 5.60. The molecule has 1 fully saturated rings. The van der Waals surface area contributed by atoms with Crippen LogP contribution in [-0.4, -0.2) is 61.5 Å². The summed E-state index contributed by atoms with van der Waals surface area (Å²) < 4.78 is 32.7. The molecule has 0 aromatic heterocycles. The van der Waals surface area contributed by atoms with Crippen molar-refractivity contribution in [3.63, 3.8) is 0 Å². The predicted octanol–water partition coefficient (Wildman–Crippen LogP) is 1.92. The number of sulfonamides is 1. The van der Waals surface area contributed by atoms with Gasteiger partial charge < -0.3 is 15.2 Å². The van der Waals surface area contributed by atoms with Crippen LogP contribution in [0.4, 0.5) is 5.69 Å². The Morgan fingerprint density at radius 1 is 1.31 bits per heavy atom. The van der Waals surface area contributed by atoms with Crippen LogP contribution >= 0.6 is 11.8 Å². The second kappa shape index (κ2) is 10.1. The lowest BCUT2D eigenvalue weighted by atomic mass is 10.2. The summed E-state index contributed by atoms with van der Waals surface area (Å²) in [4.78, 5) is 12.2. The molecule has 1 aromatic carbocycles. The van der Waals surface area contributed by atoms with E-state index in [1.807, 2.05) is 6.92 Å². The Kier molecular flexibility index (Phi) is 8.20. The van der Waals surface area contributed by atoms with Gasteiger partial charge in [0.1, 0.15) is 5.75 Å². The Bertz CT molecular complexity index is 703. The quantitative estimate of drug-likeness (QED) is 0.613. The molecule has 0 unspecified atom stereocenters. The fraction of sp³-hybridized carbons (Fsp3) is 0.588. The first-order valence-electron chi connectivity index (χ1n) is 8.74. The van der Waals surface area contributed by atoms with Crippen molar-refractivity contribution < 1.29 is 23.1 Å². The summed E-state index contributed by atoms with van der Waals surface area (Å²) in [6.45, 7) is 3.28. The first kappa shape index (κ1) is 21.0. The fourth-order valence-corrected chi connectivity index (χ4v) is 4.79. The van der Waals surface area contributed by atoms with Crippen LogP contribution < -0.4 is 10.1 Å². The molecule has 1 amide bonds. The van der Waals surface area contributed by atoms with Crippen molar-refractivity contribution >= 4 is 33.4 Å². The van der Waals surface area contributed by atoms with Gasteiger partial charge in [0.05, 0.1) is 29.5 Å². The Hall–Kier alpha value is -1.29. The number of benzene rings is 1. The van der Waals surface area contributed by atoms with Gasteiger partial charge in [0.15, 0.2) is 0 Å². The normalized spacial score (nSPS) is 15.6. The molecule has 1 heterocycles. The summed E-state index contributed by atoms with van der Waals surface area (Å²) in [5.41, 5.74) is 0.347. The molecule has 146 valence electrons. The van der Waals surface area contributed by atoms with Crippen LogP contribution in [0.5, 0.6) is 5.75 Å². The maximum absolute atomic E-state index is 12.8. The number of aliphatic hydroxyl groups is 1. The second-order valence-electron chi connectivity index (χ2n) is 5.88. The van der Waals surface area contributed by atoms with Gasteiger partial charge in [-0.2, -0.15) is 4.31 Å². The summed E-state index contributed by atoms with van der Waals surface area (Å²) in [5, 5.41) is 11.5. The molecule has 9 heteroatoms. The van der Waals surface area contributed by atoms with E-state index in [1.54, 1.807) is 6.07 Å². The molecule has 0 aliphatic carbocycles. The third-order valence-electron chi connectivity index (χ3n) is 3.95. The zero-order chi connectivity index (χ0) is 19.0. The highest BCUT2D eigenvalue weighted by molar-refractivity contribution is 7.99. The van der Waals surface area contributed by atoms with E-state index in [0.29, 0.717) is 36.9 Å². The highest BCUT2D eigenvalue weighted by atomic mass is 32.2. The first-order valence-corrected chi connectivity index (χ1v) is 11.3. The largest absolute Gasteiger partial charge is 0.492 e. The molecule has 1 aliphatic heterocycles. The number of ether oxygens (including phenoxy) is 1. The SMILES string of the molecule is CCOc1ccc(S(=O)(=O)N2CCCCC2)cc1NC(=O)CSCCO. The van der Waals surface area contributed by atoms with E-state index in [2.05, 4.69) is 5.32 Å². The summed E-state index contributed by atoms with van der Waals surface area (Å²) in [5.74, 6) is 0.812. The summed E-state index contributed by atoms with van der Waals surface area (Å²) >= 11 is 1.30. The van der Waals surface area contributed by atoms with Crippen molar-refractivity contribution in [2.24, 2.45) is 0 Å². The molecule has 7 nitrogen and oxygen atoms in total. The average Bonchev–Trinajstić information content (AvgIpc) is 2.64. The van der Waals surface area contributed by atoms with Gasteiger partial charge >= 0.3 is 0 Å². The molecule has 1 saturated heterocycles. The lowest BCUT2D eigenvalue weighted by molar-refractivity contribution is -0.113. The van der Waals surface area contributed by atoms with Crippen LogP contribution in [0.2, 0.25) is 0 Å². The average molecular weight is 403 g/mol. The highest BCUT2D eigenvalue weighted by Gasteiger charge is 2.27. The van der Waals surface area contributed by atoms with E-state index in [9.17, 15) is 13.2 Å². The second-order valence-corrected chi connectivity index (χ2v) is 8.92. The molecule has 0 radical (unpaired) electrons. The molecule has 2 rings (SSSR count). The summed E-state index contributed by atoms with van der Waals surface area (Å²) in [6, 6.07) is 4.56. The lowest BCUT2D eigenvalue weighted by Crippen LogP contribution is -2.35. The van der Waals surface area contributed by atoms with Crippen LogP contribution in [-0.2, 0) is 14.8 Å². The maximum atomic E-state index is 12.8. The van der Waals surface area contributed by atoms with Gasteiger partial charge in [-0.25, -0.2) is 8.42 Å². The number of rotatable bonds is 9. The van der Waals surface area contributed by atoms with Gasteiger partial charge in [0.2, 0.25) is 15.9 Å². The van der Waals surface area contributed by atoms with Crippen molar-refractivity contribution in [1.29, 1.82) is 0 Å². The fourth-order valence-electron chi connectivity index (χ4n) is 2.72. The molecule has 0 spiro atoms. The molecule has 0 atom stereocenters. The highest BCUT2D eigenvalue weighted by Crippen LogP contribution is 2.30. The summed E-state index contributed by atoms with van der Waals surface area (Å²) in [6.07, 6.45) is 2.77. The molecule has 2 N–H and O–H groups in total. The smallest absolute Gasteiger partial charge is 0.243 e. The molecular formula is C17H26N2O5S2. The number of anilines is 1. The van der Waals surface area contributed by atoms with Gasteiger partial charge in [-0.05, 0) is 38.0 Å². The molecular weight excluding hydrogens is 376 g/mol. The predicted molar refractivity (Wildman–Crippen MR) is 103 cm³/mol. The number of hydrogen-bond donors (Lipinski definition) is 2. The lowest BCUT2D eigenvalue weighted by Gasteiger charge is -2.26. The van der Waals surface area contributed by atoms with Gasteiger partial charge in [0.25, 0.3) is 0 Å². The maximum Gasteiger partial charge on any atom is 0.243 e. The van der Waals surface area contributed by atoms with Crippen LogP contribution in [0.1, 0.15) is 26.2 Å². The van der Waals surface area contributed by atoms with E-state index >= 15 is 0 Å². The number of hydrogen-bond acceptors (Lipinski definition) is 6. The number of carbonyl (C=O) groups excluding carboxylic acids is 1. The van der Waals surface area contributed by atoms with E-state index < -0.39 is 10.0 Å². The molecule has 0 bridgehead atoms. The van der Waals surface area contributed by atoms with E-state index in [1.165, 1.54) is 28.2 Å². The van der Waals surface area contributed by atoms with Crippen LogP contribution in [0.15, 0.2) is 23.1 Å². The minimum atomic E-state index is -3.58. The van der Waals surface area contributed by atoms with Crippen molar-refractivity contribution in [2.45, 2.75) is 31.1 Å². The monoisotopic (exact) mass is 402 g/mol. The van der Waals surface area contributed by atoms with Crippen LogP contribution in [0.3, 0.4) is 0 Å². The zero-order valence-corrected chi connectivity index (χ0v) is 16.6. The number of carbonyl (C=O) groups is 1. The van der Waals surface area contributed by atoms with Gasteiger partial charge in [0, 0.05) is 18.8 Å². The van der Waals surface area contributed by atoms with Crippen LogP contribution in [0, 0.1) is 0 Å². The minimum Gasteiger partial charge on any atom is -0.492 e.